The minimum atomic E-state index is -0.576. The second-order valence-electron chi connectivity index (χ2n) is 4.43. The van der Waals surface area contributed by atoms with Gasteiger partial charge in [0.2, 0.25) is 12.2 Å². The highest BCUT2D eigenvalue weighted by Crippen LogP contribution is 2.06. The number of imidazole rings is 1. The third kappa shape index (κ3) is 5.04. The summed E-state index contributed by atoms with van der Waals surface area (Å²) in [5.41, 5.74) is 0. The van der Waals surface area contributed by atoms with Crippen molar-refractivity contribution < 1.29 is 14.8 Å². The van der Waals surface area contributed by atoms with E-state index in [-0.39, 0.29) is 18.1 Å². The molecule has 1 atom stereocenters. The molecule has 0 radical (unpaired) electrons. The molecule has 0 aliphatic rings. The fraction of sp³-hybridized carbons (Fsp3) is 0.636. The molecule has 0 bridgehead atoms. The van der Waals surface area contributed by atoms with Gasteiger partial charge in [0.05, 0.1) is 6.10 Å². The van der Waals surface area contributed by atoms with Crippen LogP contribution in [0.5, 0.6) is 0 Å². The first-order valence-electron chi connectivity index (χ1n) is 5.98. The lowest BCUT2D eigenvalue weighted by Gasteiger charge is -2.17. The molecule has 0 saturated carbocycles. The van der Waals surface area contributed by atoms with E-state index in [4.69, 9.17) is 5.11 Å². The molecule has 0 spiro atoms. The second kappa shape index (κ2) is 6.83. The molecule has 1 aromatic rings. The second-order valence-corrected chi connectivity index (χ2v) is 4.43. The Hall–Kier alpha value is -1.96. The van der Waals surface area contributed by atoms with Gasteiger partial charge in [0.15, 0.2) is 0 Å². The maximum atomic E-state index is 11.7. The third-order valence-corrected chi connectivity index (χ3v) is 2.70. The summed E-state index contributed by atoms with van der Waals surface area (Å²) in [6.45, 7) is 2.50. The highest BCUT2D eigenvalue weighted by molar-refractivity contribution is 5.75. The van der Waals surface area contributed by atoms with Crippen molar-refractivity contribution in [2.75, 3.05) is 13.6 Å². The number of hydrogen-bond donors (Lipinski definition) is 1. The Balaban J connectivity index is 2.38. The molecular weight excluding hydrogens is 252 g/mol. The number of carbonyl (C=O) groups excluding carboxylic acids is 1. The standard InChI is InChI=1S/C11H18N4O4/c1-9(16)3-5-13(2)11(17)4-6-14-7-10(12-8-14)15(18)19/h7-9,16H,3-6H2,1-2H3. The van der Waals surface area contributed by atoms with Gasteiger partial charge in [0.1, 0.15) is 6.20 Å². The maximum absolute atomic E-state index is 11.7. The van der Waals surface area contributed by atoms with Crippen molar-refractivity contribution in [1.82, 2.24) is 14.5 Å². The summed E-state index contributed by atoms with van der Waals surface area (Å²) in [6, 6.07) is 0. The molecule has 8 heteroatoms. The van der Waals surface area contributed by atoms with Gasteiger partial charge in [-0.05, 0) is 23.3 Å². The van der Waals surface area contributed by atoms with Crippen molar-refractivity contribution in [3.8, 4) is 0 Å². The molecule has 1 rings (SSSR count). The van der Waals surface area contributed by atoms with Gasteiger partial charge >= 0.3 is 5.82 Å². The zero-order valence-corrected chi connectivity index (χ0v) is 11.0. The Morgan fingerprint density at radius 1 is 1.68 bits per heavy atom. The van der Waals surface area contributed by atoms with Gasteiger partial charge in [-0.2, -0.15) is 0 Å². The molecular formula is C11H18N4O4. The normalized spacial score (nSPS) is 12.2. The number of rotatable bonds is 7. The maximum Gasteiger partial charge on any atom is 0.381 e. The van der Waals surface area contributed by atoms with E-state index in [2.05, 4.69) is 4.98 Å². The Morgan fingerprint density at radius 3 is 2.89 bits per heavy atom. The predicted molar refractivity (Wildman–Crippen MR) is 67.4 cm³/mol. The van der Waals surface area contributed by atoms with Crippen molar-refractivity contribution in [1.29, 1.82) is 0 Å². The number of amides is 1. The Labute approximate surface area is 110 Å². The summed E-state index contributed by atoms with van der Waals surface area (Å²) >= 11 is 0. The smallest absolute Gasteiger partial charge is 0.381 e. The van der Waals surface area contributed by atoms with Crippen molar-refractivity contribution in [2.24, 2.45) is 0 Å². The fourth-order valence-corrected chi connectivity index (χ4v) is 1.49. The van der Waals surface area contributed by atoms with E-state index < -0.39 is 11.0 Å². The van der Waals surface area contributed by atoms with Gasteiger partial charge in [0, 0.05) is 26.6 Å². The first kappa shape index (κ1) is 15.1. The van der Waals surface area contributed by atoms with E-state index in [1.54, 1.807) is 14.0 Å². The lowest BCUT2D eigenvalue weighted by molar-refractivity contribution is -0.389. The van der Waals surface area contributed by atoms with Gasteiger partial charge in [-0.3, -0.25) is 4.79 Å². The minimum absolute atomic E-state index is 0.0722. The average Bonchev–Trinajstić information content (AvgIpc) is 2.81. The molecule has 0 aliphatic heterocycles. The number of aryl methyl sites for hydroxylation is 1. The Bertz CT molecular complexity index is 444. The van der Waals surface area contributed by atoms with Crippen LogP contribution in [0.3, 0.4) is 0 Å². The predicted octanol–water partition coefficient (Wildman–Crippen LogP) is 0.411. The zero-order valence-electron chi connectivity index (χ0n) is 11.0. The molecule has 0 aliphatic carbocycles. The average molecular weight is 270 g/mol. The first-order chi connectivity index (χ1) is 8.90. The lowest BCUT2D eigenvalue weighted by Crippen LogP contribution is -2.30. The summed E-state index contributed by atoms with van der Waals surface area (Å²) in [5.74, 6) is -0.299. The van der Waals surface area contributed by atoms with E-state index in [9.17, 15) is 14.9 Å². The number of aliphatic hydroxyl groups excluding tert-OH is 1. The van der Waals surface area contributed by atoms with Crippen LogP contribution in [0.4, 0.5) is 5.82 Å². The highest BCUT2D eigenvalue weighted by Gasteiger charge is 2.13. The third-order valence-electron chi connectivity index (χ3n) is 2.70. The Morgan fingerprint density at radius 2 is 2.37 bits per heavy atom. The molecule has 0 fully saturated rings. The number of carbonyl (C=O) groups is 1. The molecule has 1 aromatic heterocycles. The molecule has 0 aromatic carbocycles. The SMILES string of the molecule is CC(O)CCN(C)C(=O)CCn1cnc([N+](=O)[O-])c1. The van der Waals surface area contributed by atoms with Gasteiger partial charge < -0.3 is 24.7 Å². The molecule has 1 unspecified atom stereocenters. The van der Waals surface area contributed by atoms with Crippen molar-refractivity contribution in [3.05, 3.63) is 22.6 Å². The summed E-state index contributed by atoms with van der Waals surface area (Å²) in [5, 5.41) is 19.6. The summed E-state index contributed by atoms with van der Waals surface area (Å²) in [4.78, 5) is 26.8. The van der Waals surface area contributed by atoms with Gasteiger partial charge in [0.25, 0.3) is 0 Å². The highest BCUT2D eigenvalue weighted by atomic mass is 16.6. The van der Waals surface area contributed by atoms with E-state index >= 15 is 0 Å². The summed E-state index contributed by atoms with van der Waals surface area (Å²) in [6.07, 6.45) is 2.96. The zero-order chi connectivity index (χ0) is 14.4. The molecule has 1 heterocycles. The van der Waals surface area contributed by atoms with Crippen LogP contribution < -0.4 is 0 Å². The fourth-order valence-electron chi connectivity index (χ4n) is 1.49. The van der Waals surface area contributed by atoms with E-state index in [0.29, 0.717) is 19.5 Å². The minimum Gasteiger partial charge on any atom is -0.393 e. The quantitative estimate of drug-likeness (QED) is 0.571. The monoisotopic (exact) mass is 270 g/mol. The summed E-state index contributed by atoms with van der Waals surface area (Å²) < 4.78 is 1.51. The number of nitro groups is 1. The number of hydrogen-bond acceptors (Lipinski definition) is 5. The van der Waals surface area contributed by atoms with Gasteiger partial charge in [-0.1, -0.05) is 0 Å². The van der Waals surface area contributed by atoms with Crippen LogP contribution in [-0.2, 0) is 11.3 Å². The van der Waals surface area contributed by atoms with Crippen LogP contribution in [0.2, 0.25) is 0 Å². The number of aliphatic hydroxyl groups is 1. The van der Waals surface area contributed by atoms with Crippen molar-refractivity contribution in [2.45, 2.75) is 32.4 Å². The van der Waals surface area contributed by atoms with Crippen LogP contribution in [-0.4, -0.2) is 50.1 Å². The van der Waals surface area contributed by atoms with Gasteiger partial charge in [-0.15, -0.1) is 0 Å². The summed E-state index contributed by atoms with van der Waals surface area (Å²) in [7, 11) is 1.67. The first-order valence-corrected chi connectivity index (χ1v) is 5.98. The largest absolute Gasteiger partial charge is 0.393 e. The topological polar surface area (TPSA) is 102 Å². The molecule has 19 heavy (non-hydrogen) atoms. The van der Waals surface area contributed by atoms with E-state index in [0.717, 1.165) is 0 Å². The van der Waals surface area contributed by atoms with Crippen LogP contribution in [0.15, 0.2) is 12.5 Å². The number of nitrogens with zero attached hydrogens (tertiary/aromatic N) is 4. The molecule has 1 amide bonds. The molecule has 106 valence electrons. The van der Waals surface area contributed by atoms with Crippen molar-refractivity contribution >= 4 is 11.7 Å². The van der Waals surface area contributed by atoms with E-state index in [1.807, 2.05) is 0 Å². The van der Waals surface area contributed by atoms with E-state index in [1.165, 1.54) is 22.0 Å². The molecule has 8 nitrogen and oxygen atoms in total. The van der Waals surface area contributed by atoms with Crippen LogP contribution in [0, 0.1) is 10.1 Å². The van der Waals surface area contributed by atoms with Crippen LogP contribution in [0.1, 0.15) is 19.8 Å². The van der Waals surface area contributed by atoms with Gasteiger partial charge in [-0.25, -0.2) is 0 Å². The lowest BCUT2D eigenvalue weighted by atomic mass is 10.2. The van der Waals surface area contributed by atoms with Crippen LogP contribution >= 0.6 is 0 Å². The van der Waals surface area contributed by atoms with Crippen LogP contribution in [0.25, 0.3) is 0 Å². The Kier molecular flexibility index (Phi) is 5.43. The number of aromatic nitrogens is 2. The molecule has 0 saturated heterocycles. The van der Waals surface area contributed by atoms with Crippen molar-refractivity contribution in [3.63, 3.8) is 0 Å². The molecule has 1 N–H and O–H groups in total.